The van der Waals surface area contributed by atoms with Crippen LogP contribution in [0.4, 0.5) is 4.39 Å². The molecular weight excluding hydrogens is 577 g/mol. The molecule has 3 atom stereocenters. The molecule has 9 nitrogen and oxygen atoms in total. The minimum Gasteiger partial charge on any atom is -0.508 e. The van der Waals surface area contributed by atoms with Crippen LogP contribution in [-0.2, 0) is 32.0 Å². The number of carbonyl (C=O) groups excluding carboxylic acids is 4. The van der Waals surface area contributed by atoms with E-state index in [1.807, 2.05) is 0 Å². The molecule has 4 fully saturated rings. The summed E-state index contributed by atoms with van der Waals surface area (Å²) in [5.74, 6) is -0.322. The number of aldehydes is 1. The number of nitrogens with one attached hydrogen (secondary N) is 1. The molecule has 0 spiro atoms. The van der Waals surface area contributed by atoms with Crippen molar-refractivity contribution in [2.75, 3.05) is 13.7 Å². The predicted octanol–water partition coefficient (Wildman–Crippen LogP) is 3.08. The van der Waals surface area contributed by atoms with Crippen LogP contribution in [0.1, 0.15) is 62.5 Å². The standard InChI is InChI=1S/C35H44FN3O6/c1-39(31(43)11-6-22-2-7-27(36)8-3-22)35(21-41,18-23-4-9-28(42)10-5-23)32(44)30(20-40)38-33(45)29(37)19-34-15-24-12-25(16-34)14-26(13-24)17-34/h2-5,7-10,21,24-26,29-30,40,42H,6,11-20,37H2,1H3,(H,38,45)/t24?,25?,26?,29-,30-,34?,35-/m0/s1. The SMILES string of the molecule is CN(C(=O)CCc1ccc(F)cc1)[C@](C=O)(Cc1ccc(O)cc1)C(=O)[C@H](CO)NC(=O)[C@@H](N)CC12CC3CC(CC(C3)C1)C2. The maximum absolute atomic E-state index is 14.2. The minimum absolute atomic E-state index is 0.0148. The van der Waals surface area contributed by atoms with E-state index in [0.717, 1.165) is 24.2 Å². The zero-order valence-corrected chi connectivity index (χ0v) is 25.8. The van der Waals surface area contributed by atoms with Crippen LogP contribution in [0.3, 0.4) is 0 Å². The van der Waals surface area contributed by atoms with Crippen LogP contribution >= 0.6 is 0 Å². The van der Waals surface area contributed by atoms with Gasteiger partial charge in [0.05, 0.1) is 12.6 Å². The largest absolute Gasteiger partial charge is 0.508 e. The number of nitrogens with zero attached hydrogens (tertiary/aromatic N) is 1. The zero-order valence-electron chi connectivity index (χ0n) is 25.8. The van der Waals surface area contributed by atoms with E-state index in [2.05, 4.69) is 5.32 Å². The first-order chi connectivity index (χ1) is 21.5. The van der Waals surface area contributed by atoms with Crippen LogP contribution in [0, 0.1) is 29.0 Å². The molecule has 0 heterocycles. The molecule has 2 aromatic rings. The van der Waals surface area contributed by atoms with Gasteiger partial charge in [-0.05, 0) is 110 Å². The Bertz CT molecular complexity index is 1360. The van der Waals surface area contributed by atoms with Gasteiger partial charge in [0.2, 0.25) is 11.8 Å². The van der Waals surface area contributed by atoms with Gasteiger partial charge < -0.3 is 31.0 Å². The first kappa shape index (κ1) is 32.8. The summed E-state index contributed by atoms with van der Waals surface area (Å²) in [5, 5.41) is 22.7. The Morgan fingerprint density at radius 1 is 1.02 bits per heavy atom. The highest BCUT2D eigenvalue weighted by Gasteiger charge is 2.52. The number of benzene rings is 2. The summed E-state index contributed by atoms with van der Waals surface area (Å²) < 4.78 is 13.4. The van der Waals surface area contributed by atoms with Crippen LogP contribution in [0.2, 0.25) is 0 Å². The Morgan fingerprint density at radius 3 is 2.11 bits per heavy atom. The monoisotopic (exact) mass is 621 g/mol. The van der Waals surface area contributed by atoms with E-state index >= 15 is 0 Å². The number of halogens is 1. The third-order valence-electron chi connectivity index (χ3n) is 10.5. The predicted molar refractivity (Wildman–Crippen MR) is 165 cm³/mol. The Morgan fingerprint density at radius 2 is 1.58 bits per heavy atom. The van der Waals surface area contributed by atoms with Crippen LogP contribution in [0.5, 0.6) is 5.75 Å². The molecule has 4 saturated carbocycles. The highest BCUT2D eigenvalue weighted by atomic mass is 19.1. The van der Waals surface area contributed by atoms with Crippen LogP contribution in [0.15, 0.2) is 48.5 Å². The van der Waals surface area contributed by atoms with Gasteiger partial charge in [0.15, 0.2) is 17.6 Å². The average molecular weight is 622 g/mol. The van der Waals surface area contributed by atoms with E-state index in [-0.39, 0.29) is 30.4 Å². The Hall–Kier alpha value is -3.63. The summed E-state index contributed by atoms with van der Waals surface area (Å²) in [6.45, 7) is -0.794. The number of aliphatic hydroxyl groups excluding tert-OH is 1. The number of rotatable bonds is 14. The summed E-state index contributed by atoms with van der Waals surface area (Å²) in [5.41, 5.74) is 5.57. The third-order valence-corrected chi connectivity index (χ3v) is 10.5. The number of amides is 2. The lowest BCUT2D eigenvalue weighted by molar-refractivity contribution is -0.150. The van der Waals surface area contributed by atoms with Gasteiger partial charge in [-0.25, -0.2) is 4.39 Å². The number of carbonyl (C=O) groups is 4. The Labute approximate surface area is 263 Å². The van der Waals surface area contributed by atoms with Crippen molar-refractivity contribution >= 4 is 23.9 Å². The number of hydrogen-bond acceptors (Lipinski definition) is 7. The highest BCUT2D eigenvalue weighted by molar-refractivity contribution is 6.09. The van der Waals surface area contributed by atoms with Gasteiger partial charge in [-0.1, -0.05) is 24.3 Å². The zero-order chi connectivity index (χ0) is 32.4. The molecule has 0 aromatic heterocycles. The van der Waals surface area contributed by atoms with Gasteiger partial charge in [-0.2, -0.15) is 0 Å². The molecule has 45 heavy (non-hydrogen) atoms. The summed E-state index contributed by atoms with van der Waals surface area (Å²) in [6.07, 6.45) is 7.76. The average Bonchev–Trinajstić information content (AvgIpc) is 3.01. The topological polar surface area (TPSA) is 150 Å². The molecule has 6 rings (SSSR count). The highest BCUT2D eigenvalue weighted by Crippen LogP contribution is 2.61. The number of aryl methyl sites for hydroxylation is 1. The number of aromatic hydroxyl groups is 1. The van der Waals surface area contributed by atoms with Gasteiger partial charge in [-0.3, -0.25) is 14.4 Å². The molecule has 10 heteroatoms. The second-order valence-electron chi connectivity index (χ2n) is 13.8. The fourth-order valence-electron chi connectivity index (χ4n) is 8.64. The van der Waals surface area contributed by atoms with Gasteiger partial charge >= 0.3 is 0 Å². The number of phenolic OH excluding ortho intramolecular Hbond substituents is 1. The van der Waals surface area contributed by atoms with Crippen molar-refractivity contribution in [3.05, 3.63) is 65.5 Å². The van der Waals surface area contributed by atoms with Gasteiger partial charge in [0.1, 0.15) is 17.6 Å². The summed E-state index contributed by atoms with van der Waals surface area (Å²) >= 11 is 0. The number of ketones is 1. The maximum atomic E-state index is 14.2. The van der Waals surface area contributed by atoms with E-state index in [1.54, 1.807) is 12.1 Å². The van der Waals surface area contributed by atoms with E-state index in [9.17, 15) is 33.8 Å². The summed E-state index contributed by atoms with van der Waals surface area (Å²) in [7, 11) is 1.34. The van der Waals surface area contributed by atoms with Crippen LogP contribution in [-0.4, -0.2) is 70.3 Å². The second kappa shape index (κ2) is 13.4. The van der Waals surface area contributed by atoms with E-state index in [1.165, 1.54) is 62.7 Å². The van der Waals surface area contributed by atoms with Crippen molar-refractivity contribution in [1.82, 2.24) is 10.2 Å². The number of nitrogens with two attached hydrogens (primary N) is 1. The van der Waals surface area contributed by atoms with Crippen molar-refractivity contribution in [1.29, 1.82) is 0 Å². The van der Waals surface area contributed by atoms with Crippen molar-refractivity contribution < 1.29 is 33.8 Å². The molecule has 4 aliphatic carbocycles. The first-order valence-electron chi connectivity index (χ1n) is 15.9. The molecule has 0 radical (unpaired) electrons. The van der Waals surface area contributed by atoms with Gasteiger partial charge in [0, 0.05) is 19.9 Å². The van der Waals surface area contributed by atoms with Crippen LogP contribution < -0.4 is 11.1 Å². The summed E-state index contributed by atoms with van der Waals surface area (Å²) in [6, 6.07) is 9.18. The van der Waals surface area contributed by atoms with Crippen molar-refractivity contribution in [3.8, 4) is 5.75 Å². The van der Waals surface area contributed by atoms with Gasteiger partial charge in [0.25, 0.3) is 0 Å². The molecule has 2 aromatic carbocycles. The molecule has 0 unspecified atom stereocenters. The maximum Gasteiger partial charge on any atom is 0.237 e. The first-order valence-corrected chi connectivity index (χ1v) is 15.9. The summed E-state index contributed by atoms with van der Waals surface area (Å²) in [4.78, 5) is 55.1. The molecule has 5 N–H and O–H groups in total. The normalized spacial score (nSPS) is 26.0. The smallest absolute Gasteiger partial charge is 0.237 e. The molecule has 0 saturated heterocycles. The quantitative estimate of drug-likeness (QED) is 0.187. The molecule has 4 bridgehead atoms. The fraction of sp³-hybridized carbons (Fsp3) is 0.543. The second-order valence-corrected chi connectivity index (χ2v) is 13.8. The number of phenols is 1. The third kappa shape index (κ3) is 7.12. The number of Topliss-reactive ketones (excluding diaryl/α,β-unsaturated/α-hetero) is 1. The molecule has 2 amide bonds. The lowest BCUT2D eigenvalue weighted by Crippen LogP contribution is -2.65. The minimum atomic E-state index is -2.08. The Kier molecular flexibility index (Phi) is 9.74. The number of likely N-dealkylation sites (N-methyl/N-ethyl adjacent to an activating group) is 1. The van der Waals surface area contributed by atoms with Crippen molar-refractivity contribution in [2.24, 2.45) is 28.9 Å². The lowest BCUT2D eigenvalue weighted by atomic mass is 9.48. The molecule has 0 aliphatic heterocycles. The number of hydrogen-bond donors (Lipinski definition) is 4. The molecule has 4 aliphatic rings. The van der Waals surface area contributed by atoms with E-state index in [0.29, 0.717) is 41.6 Å². The number of aliphatic hydroxyl groups is 1. The van der Waals surface area contributed by atoms with Crippen molar-refractivity contribution in [3.63, 3.8) is 0 Å². The lowest BCUT2D eigenvalue weighted by Gasteiger charge is -2.57. The van der Waals surface area contributed by atoms with Crippen LogP contribution in [0.25, 0.3) is 0 Å². The Balaban J connectivity index is 1.33. The van der Waals surface area contributed by atoms with Crippen molar-refractivity contribution in [2.45, 2.75) is 81.8 Å². The van der Waals surface area contributed by atoms with Gasteiger partial charge in [-0.15, -0.1) is 0 Å². The molecular formula is C35H44FN3O6. The van der Waals surface area contributed by atoms with E-state index < -0.39 is 47.6 Å². The molecule has 242 valence electrons. The fourth-order valence-corrected chi connectivity index (χ4v) is 8.64. The van der Waals surface area contributed by atoms with E-state index in [4.69, 9.17) is 5.73 Å².